The van der Waals surface area contributed by atoms with Crippen LogP contribution in [0.15, 0.2) is 0 Å². The number of thioether (sulfide) groups is 1. The summed E-state index contributed by atoms with van der Waals surface area (Å²) < 4.78 is 0. The molecule has 9 heavy (non-hydrogen) atoms. The molecule has 56 valence electrons. The van der Waals surface area contributed by atoms with Gasteiger partial charge in [-0.05, 0) is 45.5 Å². The Hall–Kier alpha value is 0.310. The van der Waals surface area contributed by atoms with Gasteiger partial charge in [0.25, 0.3) is 0 Å². The molecule has 1 nitrogen and oxygen atoms in total. The van der Waals surface area contributed by atoms with Crippen molar-refractivity contribution in [3.05, 3.63) is 0 Å². The van der Waals surface area contributed by atoms with Gasteiger partial charge in [-0.2, -0.15) is 11.8 Å². The Morgan fingerprint density at radius 3 is 2.33 bits per heavy atom. The molecule has 0 rings (SSSR count). The number of nitrogens with zero attached hydrogens (tertiary/aromatic N) is 1. The van der Waals surface area contributed by atoms with Gasteiger partial charge < -0.3 is 4.90 Å². The van der Waals surface area contributed by atoms with Crippen LogP contribution < -0.4 is 0 Å². The molecule has 0 aliphatic heterocycles. The maximum atomic E-state index is 2.24. The van der Waals surface area contributed by atoms with E-state index in [0.717, 1.165) is 0 Å². The normalized spacial score (nSPS) is 10.7. The molecule has 0 radical (unpaired) electrons. The van der Waals surface area contributed by atoms with Crippen molar-refractivity contribution < 1.29 is 0 Å². The van der Waals surface area contributed by atoms with Crippen LogP contribution in [0.3, 0.4) is 0 Å². The van der Waals surface area contributed by atoms with Crippen molar-refractivity contribution in [3.63, 3.8) is 0 Å². The average molecular weight is 147 g/mol. The largest absolute Gasteiger partial charge is 0.309 e. The van der Waals surface area contributed by atoms with Gasteiger partial charge in [-0.3, -0.25) is 0 Å². The van der Waals surface area contributed by atoms with Crippen LogP contribution in [0.25, 0.3) is 0 Å². The van der Waals surface area contributed by atoms with E-state index in [-0.39, 0.29) is 0 Å². The van der Waals surface area contributed by atoms with Crippen molar-refractivity contribution >= 4 is 11.8 Å². The first-order valence-electron chi connectivity index (χ1n) is 3.41. The van der Waals surface area contributed by atoms with Gasteiger partial charge >= 0.3 is 0 Å². The zero-order chi connectivity index (χ0) is 7.11. The van der Waals surface area contributed by atoms with E-state index in [2.05, 4.69) is 25.3 Å². The molecule has 0 saturated carbocycles. The van der Waals surface area contributed by atoms with E-state index in [0.29, 0.717) is 0 Å². The van der Waals surface area contributed by atoms with E-state index in [9.17, 15) is 0 Å². The second-order valence-electron chi connectivity index (χ2n) is 2.50. The molecule has 0 unspecified atom stereocenters. The Balaban J connectivity index is 2.75. The molecule has 0 atom stereocenters. The molecule has 0 heterocycles. The van der Waals surface area contributed by atoms with E-state index < -0.39 is 0 Å². The fourth-order valence-electron chi connectivity index (χ4n) is 0.674. The molecule has 0 aromatic rings. The molecule has 0 spiro atoms. The molecule has 0 aromatic carbocycles. The van der Waals surface area contributed by atoms with Gasteiger partial charge in [0.2, 0.25) is 0 Å². The highest BCUT2D eigenvalue weighted by molar-refractivity contribution is 7.98. The first-order chi connectivity index (χ1) is 4.27. The van der Waals surface area contributed by atoms with E-state index in [4.69, 9.17) is 0 Å². The quantitative estimate of drug-likeness (QED) is 0.544. The molecule has 0 fully saturated rings. The minimum Gasteiger partial charge on any atom is -0.309 e. The second kappa shape index (κ2) is 6.43. The van der Waals surface area contributed by atoms with Crippen molar-refractivity contribution in [2.75, 3.05) is 32.6 Å². The first-order valence-corrected chi connectivity index (χ1v) is 4.80. The Bertz CT molecular complexity index is 54.9. The van der Waals surface area contributed by atoms with Crippen LogP contribution in [0, 0.1) is 0 Å². The number of rotatable bonds is 5. The predicted molar refractivity (Wildman–Crippen MR) is 46.2 cm³/mol. The number of unbranched alkanes of at least 4 members (excludes halogenated alkanes) is 1. The maximum absolute atomic E-state index is 2.24. The van der Waals surface area contributed by atoms with Crippen LogP contribution in [-0.2, 0) is 0 Å². The van der Waals surface area contributed by atoms with E-state index in [1.807, 2.05) is 11.8 Å². The Kier molecular flexibility index (Phi) is 6.65. The van der Waals surface area contributed by atoms with Crippen LogP contribution in [0.5, 0.6) is 0 Å². The fraction of sp³-hybridized carbons (Fsp3) is 1.00. The van der Waals surface area contributed by atoms with Gasteiger partial charge in [0.1, 0.15) is 0 Å². The van der Waals surface area contributed by atoms with Crippen molar-refractivity contribution in [3.8, 4) is 0 Å². The summed E-state index contributed by atoms with van der Waals surface area (Å²) >= 11 is 1.93. The van der Waals surface area contributed by atoms with Crippen molar-refractivity contribution in [2.24, 2.45) is 0 Å². The average Bonchev–Trinajstić information content (AvgIpc) is 1.80. The molecule has 0 N–H and O–H groups in total. The highest BCUT2D eigenvalue weighted by atomic mass is 32.2. The third kappa shape index (κ3) is 8.31. The summed E-state index contributed by atoms with van der Waals surface area (Å²) in [6.45, 7) is 1.24. The topological polar surface area (TPSA) is 3.24 Å². The van der Waals surface area contributed by atoms with Crippen LogP contribution >= 0.6 is 11.8 Å². The summed E-state index contributed by atoms with van der Waals surface area (Å²) in [6, 6.07) is 0. The molecule has 0 amide bonds. The van der Waals surface area contributed by atoms with Gasteiger partial charge in [-0.15, -0.1) is 0 Å². The Morgan fingerprint density at radius 1 is 1.22 bits per heavy atom. The minimum absolute atomic E-state index is 1.24. The molecule has 0 aliphatic carbocycles. The lowest BCUT2D eigenvalue weighted by atomic mass is 10.3. The van der Waals surface area contributed by atoms with E-state index in [1.165, 1.54) is 25.1 Å². The Morgan fingerprint density at radius 2 is 1.89 bits per heavy atom. The zero-order valence-electron chi connectivity index (χ0n) is 6.68. The lowest BCUT2D eigenvalue weighted by molar-refractivity contribution is 0.399. The monoisotopic (exact) mass is 147 g/mol. The third-order valence-corrected chi connectivity index (χ3v) is 1.90. The SMILES string of the molecule is CSCCCCN(C)C. The van der Waals surface area contributed by atoms with Crippen LogP contribution in [0.2, 0.25) is 0 Å². The van der Waals surface area contributed by atoms with Crippen molar-refractivity contribution in [1.82, 2.24) is 4.90 Å². The van der Waals surface area contributed by atoms with Crippen molar-refractivity contribution in [2.45, 2.75) is 12.8 Å². The summed E-state index contributed by atoms with van der Waals surface area (Å²) in [4.78, 5) is 2.24. The summed E-state index contributed by atoms with van der Waals surface area (Å²) in [5, 5.41) is 0. The predicted octanol–water partition coefficient (Wildman–Crippen LogP) is 1.69. The fourth-order valence-corrected chi connectivity index (χ4v) is 1.17. The van der Waals surface area contributed by atoms with Gasteiger partial charge in [0.05, 0.1) is 0 Å². The second-order valence-corrected chi connectivity index (χ2v) is 3.49. The standard InChI is InChI=1S/C7H17NS/c1-8(2)6-4-5-7-9-3/h4-7H2,1-3H3. The highest BCUT2D eigenvalue weighted by Gasteiger charge is 1.88. The summed E-state index contributed by atoms with van der Waals surface area (Å²) in [7, 11) is 4.25. The Labute approximate surface area is 62.8 Å². The molecule has 0 aliphatic rings. The molecule has 0 saturated heterocycles. The third-order valence-electron chi connectivity index (χ3n) is 1.20. The molecule has 2 heteroatoms. The van der Waals surface area contributed by atoms with Gasteiger partial charge in [0, 0.05) is 0 Å². The molecule has 0 bridgehead atoms. The summed E-state index contributed by atoms with van der Waals surface area (Å²) in [6.07, 6.45) is 4.86. The lowest BCUT2D eigenvalue weighted by Crippen LogP contribution is -2.12. The van der Waals surface area contributed by atoms with Gasteiger partial charge in [0.15, 0.2) is 0 Å². The van der Waals surface area contributed by atoms with Gasteiger partial charge in [-0.1, -0.05) is 0 Å². The molecular weight excluding hydrogens is 130 g/mol. The minimum atomic E-state index is 1.24. The maximum Gasteiger partial charge on any atom is -0.00245 e. The highest BCUT2D eigenvalue weighted by Crippen LogP contribution is 1.98. The lowest BCUT2D eigenvalue weighted by Gasteiger charge is -2.07. The van der Waals surface area contributed by atoms with E-state index in [1.54, 1.807) is 0 Å². The van der Waals surface area contributed by atoms with Crippen LogP contribution in [-0.4, -0.2) is 37.5 Å². The molecular formula is C7H17NS. The smallest absolute Gasteiger partial charge is 0.00245 e. The van der Waals surface area contributed by atoms with Crippen molar-refractivity contribution in [1.29, 1.82) is 0 Å². The zero-order valence-corrected chi connectivity index (χ0v) is 7.50. The summed E-state index contributed by atoms with van der Waals surface area (Å²) in [5.74, 6) is 1.31. The number of hydrogen-bond acceptors (Lipinski definition) is 2. The molecule has 0 aromatic heterocycles. The summed E-state index contributed by atoms with van der Waals surface area (Å²) in [5.41, 5.74) is 0. The van der Waals surface area contributed by atoms with Crippen LogP contribution in [0.1, 0.15) is 12.8 Å². The van der Waals surface area contributed by atoms with Gasteiger partial charge in [-0.25, -0.2) is 0 Å². The van der Waals surface area contributed by atoms with Crippen LogP contribution in [0.4, 0.5) is 0 Å². The van der Waals surface area contributed by atoms with E-state index >= 15 is 0 Å². The number of hydrogen-bond donors (Lipinski definition) is 0. The first kappa shape index (κ1) is 9.31.